The molecule has 0 spiro atoms. The maximum absolute atomic E-state index is 13.5. The number of rotatable bonds is 4. The van der Waals surface area contributed by atoms with Crippen LogP contribution in [-0.4, -0.2) is 121 Å². The summed E-state index contributed by atoms with van der Waals surface area (Å²) in [6.07, 6.45) is 2.93. The van der Waals surface area contributed by atoms with E-state index in [4.69, 9.17) is 4.74 Å². The Morgan fingerprint density at radius 1 is 1.00 bits per heavy atom. The molecule has 3 rings (SSSR count). The highest BCUT2D eigenvalue weighted by molar-refractivity contribution is 8.76. The van der Waals surface area contributed by atoms with E-state index in [0.29, 0.717) is 25.3 Å². The number of fused-ring (bicyclic) bond motifs is 7. The van der Waals surface area contributed by atoms with E-state index >= 15 is 0 Å². The molecule has 0 radical (unpaired) electrons. The zero-order valence-electron chi connectivity index (χ0n) is 24.4. The summed E-state index contributed by atoms with van der Waals surface area (Å²) >= 11 is 0. The molecule has 5 amide bonds. The van der Waals surface area contributed by atoms with Gasteiger partial charge in [0, 0.05) is 44.1 Å². The number of hydrogen-bond donors (Lipinski definition) is 4. The fraction of sp³-hybridized carbons (Fsp3) is 0.704. The number of allylic oxidation sites excluding steroid dienone is 1. The zero-order valence-corrected chi connectivity index (χ0v) is 26.0. The SMILES string of the molecule is CC(C)[C@H]1NC(=O)[C@H]2CSSCC/C=C/[C@H](CC(=O)N[C@H](CCC(=O)N3CCN(C)CC3)C(=O)N2)OC(=O)CNC1=O. The number of piperazine rings is 1. The van der Waals surface area contributed by atoms with E-state index in [9.17, 15) is 28.8 Å². The van der Waals surface area contributed by atoms with Crippen LogP contribution in [0, 0.1) is 5.92 Å². The maximum atomic E-state index is 13.5. The molecular formula is C27H42N6O7S2. The molecule has 0 aromatic rings. The topological polar surface area (TPSA) is 166 Å². The minimum absolute atomic E-state index is 0.0241. The van der Waals surface area contributed by atoms with Crippen molar-refractivity contribution in [3.05, 3.63) is 12.2 Å². The van der Waals surface area contributed by atoms with E-state index in [0.717, 1.165) is 13.1 Å². The van der Waals surface area contributed by atoms with Gasteiger partial charge in [-0.1, -0.05) is 41.5 Å². The monoisotopic (exact) mass is 626 g/mol. The molecule has 2 fully saturated rings. The standard InChI is InChI=1S/C27H42N6O7S2/c1-17(2)24-27(39)28-15-23(36)40-18-6-4-5-13-41-42-16-20(26(38)31-24)30-25(37)19(29-21(34)14-18)7-8-22(35)33-11-9-32(3)10-12-33/h4,6,17-20,24H,5,7-16H2,1-3H3,(H,28,39)(H,29,34)(H,30,37)(H,31,38)/b6-4+/t18-,19-,20-,24-/m1/s1. The quantitative estimate of drug-likeness (QED) is 0.180. The second-order valence-electron chi connectivity index (χ2n) is 10.9. The largest absolute Gasteiger partial charge is 0.456 e. The van der Waals surface area contributed by atoms with Gasteiger partial charge in [0.2, 0.25) is 29.5 Å². The first-order chi connectivity index (χ1) is 20.0. The third-order valence-corrected chi connectivity index (χ3v) is 9.59. The third-order valence-electron chi connectivity index (χ3n) is 7.15. The van der Waals surface area contributed by atoms with Gasteiger partial charge in [-0.25, -0.2) is 0 Å². The van der Waals surface area contributed by atoms with E-state index in [-0.39, 0.29) is 36.8 Å². The predicted octanol–water partition coefficient (Wildman–Crippen LogP) is -0.576. The number of carbonyl (C=O) groups is 6. The molecule has 0 aromatic heterocycles. The van der Waals surface area contributed by atoms with Crippen molar-refractivity contribution < 1.29 is 33.5 Å². The van der Waals surface area contributed by atoms with Gasteiger partial charge in [0.25, 0.3) is 0 Å². The Hall–Kier alpha value is -2.78. The average Bonchev–Trinajstić information content (AvgIpc) is 2.94. The Balaban J connectivity index is 1.88. The minimum atomic E-state index is -1.11. The molecule has 0 aromatic carbocycles. The molecule has 2 saturated heterocycles. The van der Waals surface area contributed by atoms with E-state index in [2.05, 4.69) is 26.2 Å². The zero-order chi connectivity index (χ0) is 30.6. The summed E-state index contributed by atoms with van der Waals surface area (Å²) in [6.45, 7) is 5.74. The third kappa shape index (κ3) is 10.8. The van der Waals surface area contributed by atoms with Crippen LogP contribution in [0.5, 0.6) is 0 Å². The van der Waals surface area contributed by atoms with Crippen LogP contribution in [0.3, 0.4) is 0 Å². The average molecular weight is 627 g/mol. The van der Waals surface area contributed by atoms with Crippen LogP contribution in [0.15, 0.2) is 12.2 Å². The highest BCUT2D eigenvalue weighted by Gasteiger charge is 2.33. The second-order valence-corrected chi connectivity index (χ2v) is 13.5. The lowest BCUT2D eigenvalue weighted by molar-refractivity contribution is -0.148. The molecule has 13 nitrogen and oxygen atoms in total. The molecule has 3 aliphatic rings. The summed E-state index contributed by atoms with van der Waals surface area (Å²) in [5.41, 5.74) is 0. The Labute approximate surface area is 254 Å². The highest BCUT2D eigenvalue weighted by atomic mass is 33.1. The molecular weight excluding hydrogens is 584 g/mol. The number of carbonyl (C=O) groups excluding carboxylic acids is 6. The first kappa shape index (κ1) is 33.7. The van der Waals surface area contributed by atoms with Gasteiger partial charge in [0.1, 0.15) is 30.8 Å². The highest BCUT2D eigenvalue weighted by Crippen LogP contribution is 2.24. The summed E-state index contributed by atoms with van der Waals surface area (Å²) in [4.78, 5) is 82.3. The smallest absolute Gasteiger partial charge is 0.326 e. The number of likely N-dealkylation sites (N-methyl/N-ethyl adjacent to an activating group) is 1. The van der Waals surface area contributed by atoms with Crippen molar-refractivity contribution in [2.24, 2.45) is 5.92 Å². The summed E-state index contributed by atoms with van der Waals surface area (Å²) in [5.74, 6) is -2.58. The van der Waals surface area contributed by atoms with E-state index < -0.39 is 60.4 Å². The number of nitrogens with one attached hydrogen (secondary N) is 4. The number of ether oxygens (including phenoxy) is 1. The molecule has 4 atom stereocenters. The molecule has 0 aliphatic carbocycles. The van der Waals surface area contributed by atoms with Crippen LogP contribution in [0.25, 0.3) is 0 Å². The maximum Gasteiger partial charge on any atom is 0.326 e. The van der Waals surface area contributed by atoms with Crippen LogP contribution < -0.4 is 21.3 Å². The molecule has 4 N–H and O–H groups in total. The van der Waals surface area contributed by atoms with Gasteiger partial charge < -0.3 is 35.8 Å². The van der Waals surface area contributed by atoms with Crippen LogP contribution >= 0.6 is 21.6 Å². The predicted molar refractivity (Wildman–Crippen MR) is 160 cm³/mol. The summed E-state index contributed by atoms with van der Waals surface area (Å²) < 4.78 is 5.48. The van der Waals surface area contributed by atoms with Crippen LogP contribution in [0.1, 0.15) is 39.5 Å². The Morgan fingerprint density at radius 2 is 1.74 bits per heavy atom. The molecule has 42 heavy (non-hydrogen) atoms. The van der Waals surface area contributed by atoms with Crippen LogP contribution in [0.4, 0.5) is 0 Å². The van der Waals surface area contributed by atoms with Crippen LogP contribution in [-0.2, 0) is 33.5 Å². The first-order valence-corrected chi connectivity index (χ1v) is 16.8. The number of amides is 5. The fourth-order valence-electron chi connectivity index (χ4n) is 4.60. The number of nitrogens with zero attached hydrogens (tertiary/aromatic N) is 2. The van der Waals surface area contributed by atoms with Gasteiger partial charge in [0.05, 0.1) is 6.42 Å². The van der Waals surface area contributed by atoms with Crippen molar-refractivity contribution in [3.8, 4) is 0 Å². The fourth-order valence-corrected chi connectivity index (χ4v) is 6.75. The van der Waals surface area contributed by atoms with E-state index in [1.165, 1.54) is 21.6 Å². The summed E-state index contributed by atoms with van der Waals surface area (Å²) in [5, 5.41) is 10.7. The Bertz CT molecular complexity index is 1030. The molecule has 15 heteroatoms. The molecule has 0 saturated carbocycles. The molecule has 0 unspecified atom stereocenters. The second kappa shape index (κ2) is 16.8. The number of esters is 1. The van der Waals surface area contributed by atoms with Gasteiger partial charge in [-0.3, -0.25) is 28.8 Å². The summed E-state index contributed by atoms with van der Waals surface area (Å²) in [6, 6.07) is -3.08. The molecule has 3 heterocycles. The molecule has 2 bridgehead atoms. The molecule has 234 valence electrons. The lowest BCUT2D eigenvalue weighted by Crippen LogP contribution is -2.59. The van der Waals surface area contributed by atoms with Crippen molar-refractivity contribution in [3.63, 3.8) is 0 Å². The van der Waals surface area contributed by atoms with Crippen molar-refractivity contribution in [1.29, 1.82) is 0 Å². The minimum Gasteiger partial charge on any atom is -0.456 e. The van der Waals surface area contributed by atoms with Crippen molar-refractivity contribution in [2.45, 2.75) is 63.8 Å². The lowest BCUT2D eigenvalue weighted by atomic mass is 10.0. The van der Waals surface area contributed by atoms with Gasteiger partial charge in [-0.05, 0) is 31.9 Å². The van der Waals surface area contributed by atoms with Crippen LogP contribution in [0.2, 0.25) is 0 Å². The first-order valence-electron chi connectivity index (χ1n) is 14.3. The molecule has 3 aliphatic heterocycles. The normalized spacial score (nSPS) is 28.6. The van der Waals surface area contributed by atoms with Crippen molar-refractivity contribution in [2.75, 3.05) is 51.3 Å². The van der Waals surface area contributed by atoms with Gasteiger partial charge >= 0.3 is 5.97 Å². The number of hydrogen-bond acceptors (Lipinski definition) is 10. The lowest BCUT2D eigenvalue weighted by Gasteiger charge is -2.33. The van der Waals surface area contributed by atoms with E-state index in [1.54, 1.807) is 24.8 Å². The van der Waals surface area contributed by atoms with Gasteiger partial charge in [0.15, 0.2) is 0 Å². The Morgan fingerprint density at radius 3 is 2.45 bits per heavy atom. The van der Waals surface area contributed by atoms with Gasteiger partial charge in [-0.2, -0.15) is 0 Å². The van der Waals surface area contributed by atoms with Crippen molar-refractivity contribution >= 4 is 57.1 Å². The Kier molecular flexibility index (Phi) is 13.4. The van der Waals surface area contributed by atoms with Crippen molar-refractivity contribution in [1.82, 2.24) is 31.1 Å². The summed E-state index contributed by atoms with van der Waals surface area (Å²) in [7, 11) is 4.90. The van der Waals surface area contributed by atoms with Gasteiger partial charge in [-0.15, -0.1) is 0 Å². The van der Waals surface area contributed by atoms with E-state index in [1.807, 2.05) is 13.1 Å².